The molecule has 0 spiro atoms. The highest BCUT2D eigenvalue weighted by Crippen LogP contribution is 2.30. The van der Waals surface area contributed by atoms with Crippen molar-refractivity contribution in [3.8, 4) is 23.5 Å². The number of alkyl halides is 3. The molecule has 5 aromatic rings. The molecule has 6 heterocycles. The minimum Gasteiger partial charge on any atom is -0.472 e. The number of halogens is 6. The van der Waals surface area contributed by atoms with Gasteiger partial charge in [-0.2, -0.15) is 23.5 Å². The van der Waals surface area contributed by atoms with Gasteiger partial charge in [0, 0.05) is 24.7 Å². The van der Waals surface area contributed by atoms with Gasteiger partial charge in [-0.1, -0.05) is 11.6 Å². The Labute approximate surface area is 267 Å². The Morgan fingerprint density at radius 3 is 2.60 bits per heavy atom. The number of fused-ring (bicyclic) bond motifs is 2. The molecule has 1 saturated heterocycles. The average Bonchev–Trinajstić information content (AvgIpc) is 3.63. The fraction of sp³-hybridized carbons (Fsp3) is 0.333. The molecule has 1 aromatic carbocycles. The molecular weight excluding hydrogens is 649 g/mol. The van der Waals surface area contributed by atoms with Crippen LogP contribution in [0.4, 0.5) is 22.0 Å². The lowest BCUT2D eigenvalue weighted by Crippen LogP contribution is -2.34. The number of hydrogen-bond acceptors (Lipinski definition) is 9. The van der Waals surface area contributed by atoms with Crippen LogP contribution in [-0.4, -0.2) is 58.9 Å². The molecule has 7 rings (SSSR count). The van der Waals surface area contributed by atoms with Crippen LogP contribution in [0.25, 0.3) is 22.6 Å². The van der Waals surface area contributed by atoms with Crippen molar-refractivity contribution in [2.24, 2.45) is 0 Å². The van der Waals surface area contributed by atoms with E-state index in [0.29, 0.717) is 61.8 Å². The van der Waals surface area contributed by atoms with Gasteiger partial charge in [0.25, 0.3) is 0 Å². The zero-order chi connectivity index (χ0) is 32.9. The number of aromatic nitrogens is 7. The summed E-state index contributed by atoms with van der Waals surface area (Å²) in [6.07, 6.45) is -1.71. The molecule has 1 atom stereocenters. The van der Waals surface area contributed by atoms with Crippen LogP contribution in [-0.2, 0) is 43.6 Å². The number of rotatable bonds is 8. The predicted molar refractivity (Wildman–Crippen MR) is 155 cm³/mol. The average molecular weight is 672 g/mol. The maximum atomic E-state index is 14.3. The fourth-order valence-corrected chi connectivity index (χ4v) is 5.72. The van der Waals surface area contributed by atoms with Crippen LogP contribution in [0, 0.1) is 23.0 Å². The first kappa shape index (κ1) is 30.9. The molecule has 242 valence electrons. The van der Waals surface area contributed by atoms with E-state index in [4.69, 9.17) is 26.1 Å². The standard InChI is InChI=1S/C30H23ClF5N9O2/c31-17-6-20(32)19(21(33)7-17)14-47-28-16(9-37)5-15-1-3-44(12-24(15)40-28)13-26-39-22-8-23(27-41-29(43-42-27)30(34,35)36)38-10-25(22)45(26)11-18-2-4-46-18/h5-8,10,18H,1-4,11-14H2,(H,41,42,43)/t18-/m0/s1. The van der Waals surface area contributed by atoms with Crippen LogP contribution < -0.4 is 4.74 Å². The lowest BCUT2D eigenvalue weighted by molar-refractivity contribution is -0.144. The molecule has 4 aromatic heterocycles. The lowest BCUT2D eigenvalue weighted by Gasteiger charge is -2.30. The molecule has 0 radical (unpaired) electrons. The van der Waals surface area contributed by atoms with Gasteiger partial charge < -0.3 is 14.0 Å². The normalized spacial score (nSPS) is 16.6. The van der Waals surface area contributed by atoms with Gasteiger partial charge in [-0.15, -0.1) is 0 Å². The van der Waals surface area contributed by atoms with Gasteiger partial charge in [-0.3, -0.25) is 15.0 Å². The van der Waals surface area contributed by atoms with Gasteiger partial charge in [0.15, 0.2) is 5.82 Å². The number of nitrogens with one attached hydrogen (secondary N) is 1. The van der Waals surface area contributed by atoms with Crippen LogP contribution in [0.1, 0.15) is 40.5 Å². The van der Waals surface area contributed by atoms with Gasteiger partial charge in [-0.25, -0.2) is 23.7 Å². The number of benzene rings is 1. The maximum absolute atomic E-state index is 14.3. The van der Waals surface area contributed by atoms with Crippen LogP contribution in [0.2, 0.25) is 5.02 Å². The van der Waals surface area contributed by atoms with E-state index in [0.717, 1.165) is 24.1 Å². The molecule has 11 nitrogen and oxygen atoms in total. The molecule has 0 saturated carbocycles. The molecule has 17 heteroatoms. The number of imidazole rings is 1. The minimum atomic E-state index is -4.68. The third-order valence-electron chi connectivity index (χ3n) is 8.05. The van der Waals surface area contributed by atoms with Gasteiger partial charge in [-0.05, 0) is 42.7 Å². The van der Waals surface area contributed by atoms with Crippen molar-refractivity contribution >= 4 is 22.6 Å². The van der Waals surface area contributed by atoms with E-state index in [2.05, 4.69) is 25.0 Å². The third-order valence-corrected chi connectivity index (χ3v) is 8.27. The van der Waals surface area contributed by atoms with Gasteiger partial charge in [0.05, 0.1) is 47.7 Å². The summed E-state index contributed by atoms with van der Waals surface area (Å²) in [5.74, 6) is -2.53. The van der Waals surface area contributed by atoms with E-state index in [1.807, 2.05) is 15.7 Å². The Kier molecular flexibility index (Phi) is 7.98. The largest absolute Gasteiger partial charge is 0.472 e. The summed E-state index contributed by atoms with van der Waals surface area (Å²) in [5, 5.41) is 15.2. The molecule has 1 fully saturated rings. The molecule has 0 unspecified atom stereocenters. The van der Waals surface area contributed by atoms with Crippen molar-refractivity contribution in [1.82, 2.24) is 39.6 Å². The number of pyridine rings is 2. The lowest BCUT2D eigenvalue weighted by atomic mass is 10.0. The molecule has 2 aliphatic heterocycles. The summed E-state index contributed by atoms with van der Waals surface area (Å²) in [6.45, 7) is 2.04. The predicted octanol–water partition coefficient (Wildman–Crippen LogP) is 5.36. The van der Waals surface area contributed by atoms with Crippen molar-refractivity contribution in [2.75, 3.05) is 13.2 Å². The number of nitrogens with zero attached hydrogens (tertiary/aromatic N) is 8. The van der Waals surface area contributed by atoms with E-state index in [9.17, 15) is 27.2 Å². The monoisotopic (exact) mass is 671 g/mol. The van der Waals surface area contributed by atoms with E-state index >= 15 is 0 Å². The van der Waals surface area contributed by atoms with E-state index in [1.54, 1.807) is 12.1 Å². The second-order valence-corrected chi connectivity index (χ2v) is 11.6. The van der Waals surface area contributed by atoms with Crippen molar-refractivity contribution < 1.29 is 31.4 Å². The Hall–Kier alpha value is -4.72. The van der Waals surface area contributed by atoms with Crippen molar-refractivity contribution in [1.29, 1.82) is 5.26 Å². The third kappa shape index (κ3) is 6.21. The topological polar surface area (TPSA) is 131 Å². The molecule has 1 N–H and O–H groups in total. The number of H-pyrrole nitrogens is 1. The Balaban J connectivity index is 1.14. The van der Waals surface area contributed by atoms with Gasteiger partial charge in [0.1, 0.15) is 41.4 Å². The second kappa shape index (κ2) is 12.1. The summed E-state index contributed by atoms with van der Waals surface area (Å²) >= 11 is 5.72. The summed E-state index contributed by atoms with van der Waals surface area (Å²) in [5.41, 5.74) is 2.62. The Bertz CT molecular complexity index is 2010. The second-order valence-electron chi connectivity index (χ2n) is 11.1. The first-order valence-corrected chi connectivity index (χ1v) is 14.8. The summed E-state index contributed by atoms with van der Waals surface area (Å²) in [6, 6.07) is 7.22. The smallest absolute Gasteiger partial charge is 0.451 e. The quantitative estimate of drug-likeness (QED) is 0.217. The molecule has 0 bridgehead atoms. The number of aromatic amines is 1. The molecule has 47 heavy (non-hydrogen) atoms. The SMILES string of the molecule is N#Cc1cc2c(nc1OCc1c(F)cc(Cl)cc1F)CN(Cc1nc3cc(-c4n[nH]c(C(F)(F)F)n4)ncc3n1C[C@@H]1CCO1)CC2. The molecule has 0 aliphatic carbocycles. The van der Waals surface area contributed by atoms with Crippen LogP contribution in [0.5, 0.6) is 5.88 Å². The van der Waals surface area contributed by atoms with Crippen molar-refractivity contribution in [3.05, 3.63) is 81.2 Å². The zero-order valence-electron chi connectivity index (χ0n) is 24.3. The zero-order valence-corrected chi connectivity index (χ0v) is 25.0. The van der Waals surface area contributed by atoms with Crippen LogP contribution in [0.3, 0.4) is 0 Å². The maximum Gasteiger partial charge on any atom is 0.451 e. The number of hydrogen-bond donors (Lipinski definition) is 1. The van der Waals surface area contributed by atoms with Crippen LogP contribution >= 0.6 is 11.6 Å². The van der Waals surface area contributed by atoms with Gasteiger partial charge in [0.2, 0.25) is 11.7 Å². The summed E-state index contributed by atoms with van der Waals surface area (Å²) < 4.78 is 81.2. The van der Waals surface area contributed by atoms with E-state index in [1.165, 1.54) is 6.20 Å². The van der Waals surface area contributed by atoms with Gasteiger partial charge >= 0.3 is 6.18 Å². The highest BCUT2D eigenvalue weighted by molar-refractivity contribution is 6.30. The first-order chi connectivity index (χ1) is 22.6. The first-order valence-electron chi connectivity index (χ1n) is 14.4. The Morgan fingerprint density at radius 2 is 1.91 bits per heavy atom. The van der Waals surface area contributed by atoms with E-state index in [-0.39, 0.29) is 39.7 Å². The Morgan fingerprint density at radius 1 is 1.13 bits per heavy atom. The van der Waals surface area contributed by atoms with Crippen molar-refractivity contribution in [3.63, 3.8) is 0 Å². The summed E-state index contributed by atoms with van der Waals surface area (Å²) in [7, 11) is 0. The van der Waals surface area contributed by atoms with E-state index < -0.39 is 30.2 Å². The van der Waals surface area contributed by atoms with Crippen molar-refractivity contribution in [2.45, 2.75) is 51.4 Å². The highest BCUT2D eigenvalue weighted by Gasteiger charge is 2.35. The number of ether oxygens (including phenoxy) is 2. The van der Waals surface area contributed by atoms with Crippen LogP contribution in [0.15, 0.2) is 30.5 Å². The minimum absolute atomic E-state index is 0.0173. The molecular formula is C30H23ClF5N9O2. The highest BCUT2D eigenvalue weighted by atomic mass is 35.5. The number of nitriles is 1. The fourth-order valence-electron chi connectivity index (χ4n) is 5.53. The summed E-state index contributed by atoms with van der Waals surface area (Å²) in [4.78, 5) is 19.3. The molecule has 0 amide bonds. The molecule has 2 aliphatic rings.